The molecule has 0 saturated heterocycles. The summed E-state index contributed by atoms with van der Waals surface area (Å²) in [4.78, 5) is 4.33. The summed E-state index contributed by atoms with van der Waals surface area (Å²) >= 11 is 0. The van der Waals surface area contributed by atoms with Gasteiger partial charge in [-0.1, -0.05) is 19.1 Å². The fourth-order valence-corrected chi connectivity index (χ4v) is 1.38. The highest BCUT2D eigenvalue weighted by Gasteiger charge is 2.02. The summed E-state index contributed by atoms with van der Waals surface area (Å²) in [7, 11) is 0. The summed E-state index contributed by atoms with van der Waals surface area (Å²) in [5.74, 6) is 0.752. The molecule has 0 saturated carbocycles. The highest BCUT2D eigenvalue weighted by molar-refractivity contribution is 5.94. The van der Waals surface area contributed by atoms with E-state index >= 15 is 0 Å². The first-order valence-corrected chi connectivity index (χ1v) is 5.58. The van der Waals surface area contributed by atoms with E-state index in [2.05, 4.69) is 36.2 Å². The van der Waals surface area contributed by atoms with Gasteiger partial charge < -0.3 is 4.74 Å². The van der Waals surface area contributed by atoms with Crippen molar-refractivity contribution in [3.8, 4) is 0 Å². The number of nitrogens with zero attached hydrogens (tertiary/aromatic N) is 1. The number of aliphatic imine (C=N–C) groups is 1. The van der Waals surface area contributed by atoms with Crippen molar-refractivity contribution < 1.29 is 4.74 Å². The minimum absolute atomic E-state index is 0.661. The lowest BCUT2D eigenvalue weighted by Gasteiger charge is -2.07. The van der Waals surface area contributed by atoms with Gasteiger partial charge in [0.15, 0.2) is 0 Å². The summed E-state index contributed by atoms with van der Waals surface area (Å²) in [6.07, 6.45) is 1.06. The van der Waals surface area contributed by atoms with E-state index in [1.807, 2.05) is 13.8 Å². The molecule has 1 rings (SSSR count). The Morgan fingerprint density at radius 2 is 1.80 bits per heavy atom. The molecule has 2 nitrogen and oxygen atoms in total. The zero-order chi connectivity index (χ0) is 11.1. The molecule has 0 fully saturated rings. The van der Waals surface area contributed by atoms with E-state index in [0.29, 0.717) is 6.61 Å². The third-order valence-electron chi connectivity index (χ3n) is 2.19. The third-order valence-corrected chi connectivity index (χ3v) is 2.19. The average Bonchev–Trinajstić information content (AvgIpc) is 2.29. The molecule has 0 radical (unpaired) electrons. The standard InChI is InChI=1S/C13H19NO/c1-4-11-7-9-12(10-8-11)13(14-5-2)15-6-3/h7-10H,4-6H2,1-3H3. The van der Waals surface area contributed by atoms with Crippen molar-refractivity contribution in [1.82, 2.24) is 0 Å². The first-order valence-electron chi connectivity index (χ1n) is 5.58. The molecule has 1 aromatic carbocycles. The first kappa shape index (κ1) is 11.8. The van der Waals surface area contributed by atoms with E-state index in [1.54, 1.807) is 0 Å². The lowest BCUT2D eigenvalue weighted by Crippen LogP contribution is -2.07. The number of ether oxygens (including phenoxy) is 1. The predicted octanol–water partition coefficient (Wildman–Crippen LogP) is 3.05. The Bertz CT molecular complexity index is 314. The fourth-order valence-electron chi connectivity index (χ4n) is 1.38. The Hall–Kier alpha value is -1.31. The van der Waals surface area contributed by atoms with Gasteiger partial charge in [-0.15, -0.1) is 0 Å². The van der Waals surface area contributed by atoms with E-state index in [-0.39, 0.29) is 0 Å². The second-order valence-electron chi connectivity index (χ2n) is 3.26. The summed E-state index contributed by atoms with van der Waals surface area (Å²) in [5.41, 5.74) is 2.40. The molecule has 0 aliphatic rings. The van der Waals surface area contributed by atoms with E-state index in [1.165, 1.54) is 5.56 Å². The maximum Gasteiger partial charge on any atom is 0.216 e. The van der Waals surface area contributed by atoms with Crippen LogP contribution in [0.4, 0.5) is 0 Å². The third kappa shape index (κ3) is 3.39. The van der Waals surface area contributed by atoms with E-state index < -0.39 is 0 Å². The van der Waals surface area contributed by atoms with Crippen molar-refractivity contribution in [1.29, 1.82) is 0 Å². The highest BCUT2D eigenvalue weighted by Crippen LogP contribution is 2.07. The molecule has 0 unspecified atom stereocenters. The van der Waals surface area contributed by atoms with Gasteiger partial charge in [0, 0.05) is 12.1 Å². The Morgan fingerprint density at radius 1 is 1.13 bits per heavy atom. The SMILES string of the molecule is CCN=C(OCC)c1ccc(CC)cc1. The zero-order valence-corrected chi connectivity index (χ0v) is 9.79. The second-order valence-corrected chi connectivity index (χ2v) is 3.26. The van der Waals surface area contributed by atoms with Crippen molar-refractivity contribution >= 4 is 5.90 Å². The molecule has 0 aliphatic carbocycles. The van der Waals surface area contributed by atoms with Crippen molar-refractivity contribution in [2.24, 2.45) is 4.99 Å². The molecular formula is C13H19NO. The van der Waals surface area contributed by atoms with Crippen LogP contribution < -0.4 is 0 Å². The average molecular weight is 205 g/mol. The lowest BCUT2D eigenvalue weighted by atomic mass is 10.1. The monoisotopic (exact) mass is 205 g/mol. The summed E-state index contributed by atoms with van der Waals surface area (Å²) in [6.45, 7) is 7.56. The first-order chi connectivity index (χ1) is 7.31. The van der Waals surface area contributed by atoms with Crippen LogP contribution in [-0.4, -0.2) is 19.0 Å². The molecular weight excluding hydrogens is 186 g/mol. The van der Waals surface area contributed by atoms with Crippen LogP contribution in [0.2, 0.25) is 0 Å². The molecule has 1 aromatic rings. The van der Waals surface area contributed by atoms with E-state index in [4.69, 9.17) is 4.74 Å². The quantitative estimate of drug-likeness (QED) is 0.547. The summed E-state index contributed by atoms with van der Waals surface area (Å²) in [5, 5.41) is 0. The van der Waals surface area contributed by atoms with Gasteiger partial charge in [-0.25, -0.2) is 0 Å². The highest BCUT2D eigenvalue weighted by atomic mass is 16.5. The molecule has 0 aromatic heterocycles. The van der Waals surface area contributed by atoms with Crippen molar-refractivity contribution in [2.75, 3.05) is 13.2 Å². The maximum absolute atomic E-state index is 5.49. The van der Waals surface area contributed by atoms with Crippen molar-refractivity contribution in [3.05, 3.63) is 35.4 Å². The maximum atomic E-state index is 5.49. The second kappa shape index (κ2) is 6.23. The molecule has 0 bridgehead atoms. The topological polar surface area (TPSA) is 21.6 Å². The molecule has 0 heterocycles. The van der Waals surface area contributed by atoms with Crippen molar-refractivity contribution in [2.45, 2.75) is 27.2 Å². The molecule has 0 atom stereocenters. The normalized spacial score (nSPS) is 11.5. The Labute approximate surface area is 92.0 Å². The Balaban J connectivity index is 2.86. The van der Waals surface area contributed by atoms with Crippen LogP contribution in [0.25, 0.3) is 0 Å². The molecule has 82 valence electrons. The largest absolute Gasteiger partial charge is 0.478 e. The van der Waals surface area contributed by atoms with Crippen LogP contribution >= 0.6 is 0 Å². The van der Waals surface area contributed by atoms with E-state index in [9.17, 15) is 0 Å². The minimum Gasteiger partial charge on any atom is -0.478 e. The number of hydrogen-bond acceptors (Lipinski definition) is 2. The molecule has 15 heavy (non-hydrogen) atoms. The van der Waals surface area contributed by atoms with Gasteiger partial charge in [-0.3, -0.25) is 4.99 Å². The van der Waals surface area contributed by atoms with Crippen LogP contribution in [0.1, 0.15) is 31.9 Å². The predicted molar refractivity (Wildman–Crippen MR) is 64.5 cm³/mol. The number of benzene rings is 1. The van der Waals surface area contributed by atoms with Gasteiger partial charge in [-0.05, 0) is 38.0 Å². The zero-order valence-electron chi connectivity index (χ0n) is 9.79. The van der Waals surface area contributed by atoms with Crippen molar-refractivity contribution in [3.63, 3.8) is 0 Å². The fraction of sp³-hybridized carbons (Fsp3) is 0.462. The summed E-state index contributed by atoms with van der Waals surface area (Å²) < 4.78 is 5.49. The number of aryl methyl sites for hydroxylation is 1. The van der Waals surface area contributed by atoms with Gasteiger partial charge in [0.25, 0.3) is 0 Å². The van der Waals surface area contributed by atoms with Gasteiger partial charge in [0.1, 0.15) is 0 Å². The van der Waals surface area contributed by atoms with Crippen LogP contribution in [0.5, 0.6) is 0 Å². The van der Waals surface area contributed by atoms with Crippen LogP contribution in [0, 0.1) is 0 Å². The smallest absolute Gasteiger partial charge is 0.216 e. The molecule has 0 spiro atoms. The van der Waals surface area contributed by atoms with Crippen LogP contribution in [0.3, 0.4) is 0 Å². The molecule has 0 aliphatic heterocycles. The Morgan fingerprint density at radius 3 is 2.27 bits per heavy atom. The van der Waals surface area contributed by atoms with Gasteiger partial charge >= 0.3 is 0 Å². The summed E-state index contributed by atoms with van der Waals surface area (Å²) in [6, 6.07) is 8.39. The van der Waals surface area contributed by atoms with Gasteiger partial charge in [0.2, 0.25) is 5.90 Å². The molecule has 2 heteroatoms. The number of rotatable bonds is 4. The Kier molecular flexibility index (Phi) is 4.88. The molecule has 0 N–H and O–H groups in total. The lowest BCUT2D eigenvalue weighted by molar-refractivity contribution is 0.327. The minimum atomic E-state index is 0.661. The van der Waals surface area contributed by atoms with E-state index in [0.717, 1.165) is 24.4 Å². The van der Waals surface area contributed by atoms with Crippen LogP contribution in [0.15, 0.2) is 29.3 Å². The number of hydrogen-bond donors (Lipinski definition) is 0. The molecule has 0 amide bonds. The van der Waals surface area contributed by atoms with Gasteiger partial charge in [-0.2, -0.15) is 0 Å². The van der Waals surface area contributed by atoms with Gasteiger partial charge in [0.05, 0.1) is 6.61 Å². The van der Waals surface area contributed by atoms with Crippen LogP contribution in [-0.2, 0) is 11.2 Å².